The third kappa shape index (κ3) is 3.15. The van der Waals surface area contributed by atoms with Crippen LogP contribution in [-0.4, -0.2) is 26.4 Å². The van der Waals surface area contributed by atoms with Gasteiger partial charge in [0.15, 0.2) is 0 Å². The largest absolute Gasteiger partial charge is 0.493 e. The molecule has 0 aliphatic carbocycles. The number of benzene rings is 1. The standard InChI is InChI=1S/C17H25NO2/c1-2-16(18-11-13-4-3-8-19-12-13)14-5-6-17-15(10-14)7-9-20-17/h5-6,10,13,16,18H,2-4,7-9,11-12H2,1H3. The summed E-state index contributed by atoms with van der Waals surface area (Å²) in [6.45, 7) is 6.01. The van der Waals surface area contributed by atoms with Gasteiger partial charge in [0.1, 0.15) is 5.75 Å². The average Bonchev–Trinajstić information content (AvgIpc) is 2.96. The summed E-state index contributed by atoms with van der Waals surface area (Å²) in [4.78, 5) is 0. The first-order chi connectivity index (χ1) is 9.86. The Morgan fingerprint density at radius 1 is 1.35 bits per heavy atom. The zero-order valence-electron chi connectivity index (χ0n) is 12.4. The highest BCUT2D eigenvalue weighted by molar-refractivity contribution is 5.40. The average molecular weight is 275 g/mol. The normalized spacial score (nSPS) is 23.1. The van der Waals surface area contributed by atoms with E-state index in [1.165, 1.54) is 24.0 Å². The van der Waals surface area contributed by atoms with Crippen LogP contribution in [0.2, 0.25) is 0 Å². The lowest BCUT2D eigenvalue weighted by atomic mass is 9.98. The van der Waals surface area contributed by atoms with Crippen molar-refractivity contribution in [3.63, 3.8) is 0 Å². The van der Waals surface area contributed by atoms with Crippen LogP contribution in [0.15, 0.2) is 18.2 Å². The minimum absolute atomic E-state index is 0.447. The van der Waals surface area contributed by atoms with Crippen LogP contribution >= 0.6 is 0 Å². The molecule has 2 heterocycles. The number of hydrogen-bond donors (Lipinski definition) is 1. The molecule has 0 aromatic heterocycles. The Balaban J connectivity index is 1.60. The summed E-state index contributed by atoms with van der Waals surface area (Å²) >= 11 is 0. The van der Waals surface area contributed by atoms with E-state index in [1.54, 1.807) is 0 Å². The second kappa shape index (κ2) is 6.59. The predicted molar refractivity (Wildman–Crippen MR) is 80.2 cm³/mol. The number of nitrogens with one attached hydrogen (secondary N) is 1. The van der Waals surface area contributed by atoms with Gasteiger partial charge in [-0.05, 0) is 42.4 Å². The third-order valence-corrected chi connectivity index (χ3v) is 4.43. The number of rotatable bonds is 5. The van der Waals surface area contributed by atoms with Crippen LogP contribution in [0.3, 0.4) is 0 Å². The maximum Gasteiger partial charge on any atom is 0.122 e. The van der Waals surface area contributed by atoms with E-state index in [0.717, 1.165) is 45.0 Å². The number of fused-ring (bicyclic) bond motifs is 1. The summed E-state index contributed by atoms with van der Waals surface area (Å²) in [7, 11) is 0. The molecule has 3 nitrogen and oxygen atoms in total. The smallest absolute Gasteiger partial charge is 0.122 e. The van der Waals surface area contributed by atoms with Gasteiger partial charge in [-0.1, -0.05) is 19.1 Å². The fourth-order valence-corrected chi connectivity index (χ4v) is 3.20. The Labute approximate surface area is 121 Å². The van der Waals surface area contributed by atoms with E-state index >= 15 is 0 Å². The van der Waals surface area contributed by atoms with Gasteiger partial charge >= 0.3 is 0 Å². The Morgan fingerprint density at radius 3 is 3.10 bits per heavy atom. The number of ether oxygens (including phenoxy) is 2. The second-order valence-electron chi connectivity index (χ2n) is 5.92. The van der Waals surface area contributed by atoms with Gasteiger partial charge in [0, 0.05) is 25.6 Å². The number of hydrogen-bond acceptors (Lipinski definition) is 3. The summed E-state index contributed by atoms with van der Waals surface area (Å²) < 4.78 is 11.1. The van der Waals surface area contributed by atoms with Gasteiger partial charge in [0.2, 0.25) is 0 Å². The summed E-state index contributed by atoms with van der Waals surface area (Å²) in [5.74, 6) is 1.75. The lowest BCUT2D eigenvalue weighted by Gasteiger charge is -2.25. The fourth-order valence-electron chi connectivity index (χ4n) is 3.20. The van der Waals surface area contributed by atoms with Gasteiger partial charge in [-0.15, -0.1) is 0 Å². The zero-order valence-corrected chi connectivity index (χ0v) is 12.4. The fraction of sp³-hybridized carbons (Fsp3) is 0.647. The third-order valence-electron chi connectivity index (χ3n) is 4.43. The van der Waals surface area contributed by atoms with Crippen LogP contribution in [0.4, 0.5) is 0 Å². The molecule has 20 heavy (non-hydrogen) atoms. The van der Waals surface area contributed by atoms with E-state index in [4.69, 9.17) is 9.47 Å². The summed E-state index contributed by atoms with van der Waals surface area (Å²) in [6.07, 6.45) is 4.67. The van der Waals surface area contributed by atoms with Gasteiger partial charge in [0.25, 0.3) is 0 Å². The van der Waals surface area contributed by atoms with Crippen molar-refractivity contribution < 1.29 is 9.47 Å². The highest BCUT2D eigenvalue weighted by Crippen LogP contribution is 2.29. The van der Waals surface area contributed by atoms with Crippen LogP contribution in [-0.2, 0) is 11.2 Å². The molecule has 0 spiro atoms. The van der Waals surface area contributed by atoms with Crippen molar-refractivity contribution >= 4 is 0 Å². The van der Waals surface area contributed by atoms with E-state index in [2.05, 4.69) is 30.4 Å². The van der Waals surface area contributed by atoms with Crippen molar-refractivity contribution in [2.45, 2.75) is 38.6 Å². The minimum atomic E-state index is 0.447. The molecular weight excluding hydrogens is 250 g/mol. The summed E-state index contributed by atoms with van der Waals surface area (Å²) in [5.41, 5.74) is 2.76. The van der Waals surface area contributed by atoms with Crippen LogP contribution in [0.25, 0.3) is 0 Å². The SMILES string of the molecule is CCC(NCC1CCCOC1)c1ccc2c(c1)CCO2. The Kier molecular flexibility index (Phi) is 4.58. The van der Waals surface area contributed by atoms with Crippen molar-refractivity contribution in [3.05, 3.63) is 29.3 Å². The van der Waals surface area contributed by atoms with E-state index in [9.17, 15) is 0 Å². The van der Waals surface area contributed by atoms with E-state index < -0.39 is 0 Å². The second-order valence-corrected chi connectivity index (χ2v) is 5.92. The molecule has 0 saturated carbocycles. The molecule has 1 saturated heterocycles. The molecule has 1 fully saturated rings. The maximum absolute atomic E-state index is 5.59. The van der Waals surface area contributed by atoms with E-state index in [1.807, 2.05) is 0 Å². The monoisotopic (exact) mass is 275 g/mol. The molecule has 1 N–H and O–H groups in total. The molecule has 2 atom stereocenters. The molecule has 0 amide bonds. The quantitative estimate of drug-likeness (QED) is 0.895. The molecule has 2 unspecified atom stereocenters. The molecule has 1 aromatic carbocycles. The molecule has 3 heteroatoms. The molecule has 2 aliphatic rings. The van der Waals surface area contributed by atoms with Crippen molar-refractivity contribution in [2.24, 2.45) is 5.92 Å². The molecule has 0 bridgehead atoms. The van der Waals surface area contributed by atoms with Crippen LogP contribution in [0, 0.1) is 5.92 Å². The van der Waals surface area contributed by atoms with Crippen molar-refractivity contribution in [3.8, 4) is 5.75 Å². The molecule has 0 radical (unpaired) electrons. The van der Waals surface area contributed by atoms with E-state index in [-0.39, 0.29) is 0 Å². The first kappa shape index (κ1) is 13.9. The minimum Gasteiger partial charge on any atom is -0.493 e. The van der Waals surface area contributed by atoms with Gasteiger partial charge in [-0.3, -0.25) is 0 Å². The van der Waals surface area contributed by atoms with Crippen LogP contribution in [0.5, 0.6) is 5.75 Å². The first-order valence-corrected chi connectivity index (χ1v) is 7.93. The topological polar surface area (TPSA) is 30.5 Å². The Bertz CT molecular complexity index is 441. The van der Waals surface area contributed by atoms with Crippen LogP contribution < -0.4 is 10.1 Å². The van der Waals surface area contributed by atoms with Gasteiger partial charge in [-0.2, -0.15) is 0 Å². The molecule has 110 valence electrons. The molecule has 3 rings (SSSR count). The lowest BCUT2D eigenvalue weighted by molar-refractivity contribution is 0.0537. The Morgan fingerprint density at radius 2 is 2.30 bits per heavy atom. The summed E-state index contributed by atoms with van der Waals surface area (Å²) in [6, 6.07) is 7.11. The zero-order chi connectivity index (χ0) is 13.8. The van der Waals surface area contributed by atoms with Gasteiger partial charge in [-0.25, -0.2) is 0 Å². The van der Waals surface area contributed by atoms with Gasteiger partial charge < -0.3 is 14.8 Å². The molecule has 2 aliphatic heterocycles. The van der Waals surface area contributed by atoms with Crippen molar-refractivity contribution in [1.82, 2.24) is 5.32 Å². The molecule has 1 aromatic rings. The van der Waals surface area contributed by atoms with Gasteiger partial charge in [0.05, 0.1) is 13.2 Å². The van der Waals surface area contributed by atoms with Crippen molar-refractivity contribution in [2.75, 3.05) is 26.4 Å². The highest BCUT2D eigenvalue weighted by Gasteiger charge is 2.18. The summed E-state index contributed by atoms with van der Waals surface area (Å²) in [5, 5.41) is 3.73. The highest BCUT2D eigenvalue weighted by atomic mass is 16.5. The lowest BCUT2D eigenvalue weighted by Crippen LogP contribution is -2.31. The van der Waals surface area contributed by atoms with Crippen LogP contribution in [0.1, 0.15) is 43.4 Å². The first-order valence-electron chi connectivity index (χ1n) is 7.93. The maximum atomic E-state index is 5.59. The molecular formula is C17H25NO2. The predicted octanol–water partition coefficient (Wildman–Crippen LogP) is 3.09. The Hall–Kier alpha value is -1.06. The van der Waals surface area contributed by atoms with E-state index in [0.29, 0.717) is 12.0 Å². The van der Waals surface area contributed by atoms with Crippen molar-refractivity contribution in [1.29, 1.82) is 0 Å².